The van der Waals surface area contributed by atoms with Crippen LogP contribution in [-0.2, 0) is 4.74 Å². The van der Waals surface area contributed by atoms with E-state index >= 15 is 0 Å². The van der Waals surface area contributed by atoms with Crippen LogP contribution in [0.3, 0.4) is 0 Å². The molecule has 1 heterocycles. The third kappa shape index (κ3) is 2.95. The highest BCUT2D eigenvalue weighted by Crippen LogP contribution is 2.18. The van der Waals surface area contributed by atoms with Crippen molar-refractivity contribution in [2.75, 3.05) is 18.5 Å². The maximum absolute atomic E-state index is 13.5. The van der Waals surface area contributed by atoms with E-state index in [1.165, 1.54) is 6.92 Å². The molecule has 0 spiro atoms. The Kier molecular flexibility index (Phi) is 3.76. The molecule has 1 unspecified atom stereocenters. The number of rotatable bonds is 2. The van der Waals surface area contributed by atoms with E-state index in [1.54, 1.807) is 0 Å². The molecule has 1 aliphatic rings. The summed E-state index contributed by atoms with van der Waals surface area (Å²) in [6.07, 6.45) is 0.720. The van der Waals surface area contributed by atoms with Crippen LogP contribution in [0.5, 0.6) is 0 Å². The number of aryl methyl sites for hydroxylation is 1. The first-order valence-corrected chi connectivity index (χ1v) is 5.67. The highest BCUT2D eigenvalue weighted by atomic mass is 19.1. The zero-order chi connectivity index (χ0) is 13.1. The largest absolute Gasteiger partial charge is 0.379 e. The van der Waals surface area contributed by atoms with Crippen LogP contribution in [0.4, 0.5) is 19.3 Å². The number of amides is 2. The van der Waals surface area contributed by atoms with Crippen LogP contribution < -0.4 is 10.6 Å². The summed E-state index contributed by atoms with van der Waals surface area (Å²) in [6.45, 7) is 2.49. The Morgan fingerprint density at radius 2 is 2.17 bits per heavy atom. The van der Waals surface area contributed by atoms with Gasteiger partial charge in [-0.1, -0.05) is 0 Å². The number of carbonyl (C=O) groups is 1. The van der Waals surface area contributed by atoms with E-state index in [-0.39, 0.29) is 17.3 Å². The summed E-state index contributed by atoms with van der Waals surface area (Å²) in [5.74, 6) is -1.22. The molecule has 1 saturated heterocycles. The fourth-order valence-corrected chi connectivity index (χ4v) is 1.73. The first-order valence-electron chi connectivity index (χ1n) is 5.67. The van der Waals surface area contributed by atoms with Crippen molar-refractivity contribution in [1.82, 2.24) is 5.32 Å². The van der Waals surface area contributed by atoms with Crippen molar-refractivity contribution < 1.29 is 18.3 Å². The molecule has 1 aliphatic heterocycles. The smallest absolute Gasteiger partial charge is 0.319 e. The van der Waals surface area contributed by atoms with Crippen molar-refractivity contribution in [3.63, 3.8) is 0 Å². The van der Waals surface area contributed by atoms with Gasteiger partial charge in [-0.3, -0.25) is 0 Å². The Morgan fingerprint density at radius 1 is 1.39 bits per heavy atom. The average Bonchev–Trinajstić information content (AvgIpc) is 2.78. The molecular formula is C12H14F2N2O2. The van der Waals surface area contributed by atoms with Gasteiger partial charge in [0.05, 0.1) is 18.3 Å². The predicted octanol–water partition coefficient (Wildman–Crippen LogP) is 2.18. The molecule has 4 nitrogen and oxygen atoms in total. The lowest BCUT2D eigenvalue weighted by molar-refractivity contribution is 0.189. The maximum atomic E-state index is 13.5. The second-order valence-corrected chi connectivity index (χ2v) is 4.24. The number of benzene rings is 1. The summed E-state index contributed by atoms with van der Waals surface area (Å²) in [6, 6.07) is 1.37. The Morgan fingerprint density at radius 3 is 2.83 bits per heavy atom. The van der Waals surface area contributed by atoms with Crippen molar-refractivity contribution >= 4 is 11.7 Å². The van der Waals surface area contributed by atoms with Gasteiger partial charge in [0.1, 0.15) is 11.6 Å². The molecular weight excluding hydrogens is 242 g/mol. The minimum Gasteiger partial charge on any atom is -0.379 e. The number of ether oxygens (including phenoxy) is 1. The van der Waals surface area contributed by atoms with Gasteiger partial charge in [-0.25, -0.2) is 13.6 Å². The number of carbonyl (C=O) groups excluding carboxylic acids is 1. The third-order valence-corrected chi connectivity index (χ3v) is 2.76. The summed E-state index contributed by atoms with van der Waals surface area (Å²) in [7, 11) is 0. The molecule has 1 aromatic carbocycles. The zero-order valence-corrected chi connectivity index (χ0v) is 9.93. The molecule has 2 N–H and O–H groups in total. The normalized spacial score (nSPS) is 18.7. The van der Waals surface area contributed by atoms with Gasteiger partial charge in [0.25, 0.3) is 0 Å². The van der Waals surface area contributed by atoms with Crippen molar-refractivity contribution in [2.45, 2.75) is 19.4 Å². The zero-order valence-electron chi connectivity index (χ0n) is 9.93. The molecule has 1 fully saturated rings. The Bertz CT molecular complexity index is 460. The van der Waals surface area contributed by atoms with Crippen LogP contribution in [0.15, 0.2) is 12.1 Å². The SMILES string of the molecule is Cc1cc(F)c(NC(=O)NC2CCOC2)cc1F. The minimum atomic E-state index is -0.660. The average molecular weight is 256 g/mol. The molecule has 1 atom stereocenters. The third-order valence-electron chi connectivity index (χ3n) is 2.76. The molecule has 0 radical (unpaired) electrons. The van der Waals surface area contributed by atoms with Crippen molar-refractivity contribution in [2.24, 2.45) is 0 Å². The Labute approximate surface area is 103 Å². The van der Waals surface area contributed by atoms with Crippen LogP contribution in [0.2, 0.25) is 0 Å². The summed E-state index contributed by atoms with van der Waals surface area (Å²) in [5.41, 5.74) is 0.0252. The number of urea groups is 1. The fraction of sp³-hybridized carbons (Fsp3) is 0.417. The highest BCUT2D eigenvalue weighted by Gasteiger charge is 2.18. The first kappa shape index (κ1) is 12.8. The maximum Gasteiger partial charge on any atom is 0.319 e. The van der Waals surface area contributed by atoms with E-state index in [0.29, 0.717) is 13.2 Å². The van der Waals surface area contributed by atoms with E-state index in [4.69, 9.17) is 4.74 Å². The van der Waals surface area contributed by atoms with Gasteiger partial charge in [0.2, 0.25) is 0 Å². The van der Waals surface area contributed by atoms with Crippen molar-refractivity contribution in [1.29, 1.82) is 0 Å². The van der Waals surface area contributed by atoms with Gasteiger partial charge >= 0.3 is 6.03 Å². The summed E-state index contributed by atoms with van der Waals surface area (Å²) < 4.78 is 31.8. The van der Waals surface area contributed by atoms with Crippen molar-refractivity contribution in [3.8, 4) is 0 Å². The second kappa shape index (κ2) is 5.30. The molecule has 0 bridgehead atoms. The standard InChI is InChI=1S/C12H14F2N2O2/c1-7-4-10(14)11(5-9(7)13)16-12(17)15-8-2-3-18-6-8/h4-5,8H,2-3,6H2,1H3,(H2,15,16,17). The quantitative estimate of drug-likeness (QED) is 0.852. The van der Waals surface area contributed by atoms with E-state index < -0.39 is 17.7 Å². The lowest BCUT2D eigenvalue weighted by Gasteiger charge is -2.12. The number of nitrogens with one attached hydrogen (secondary N) is 2. The van der Waals surface area contributed by atoms with Gasteiger partial charge in [-0.05, 0) is 25.0 Å². The molecule has 2 amide bonds. The first-order chi connectivity index (χ1) is 8.56. The molecule has 2 rings (SSSR count). The molecule has 0 aliphatic carbocycles. The molecule has 0 saturated carbocycles. The van der Waals surface area contributed by atoms with Gasteiger partial charge in [-0.15, -0.1) is 0 Å². The lowest BCUT2D eigenvalue weighted by Crippen LogP contribution is -2.38. The highest BCUT2D eigenvalue weighted by molar-refractivity contribution is 5.89. The van der Waals surface area contributed by atoms with Crippen molar-refractivity contribution in [3.05, 3.63) is 29.3 Å². The summed E-state index contributed by atoms with van der Waals surface area (Å²) >= 11 is 0. The van der Waals surface area contributed by atoms with Gasteiger partial charge in [0.15, 0.2) is 0 Å². The van der Waals surface area contributed by atoms with E-state index in [1.807, 2.05) is 0 Å². The van der Waals surface area contributed by atoms with Crippen LogP contribution >= 0.6 is 0 Å². The number of halogens is 2. The summed E-state index contributed by atoms with van der Waals surface area (Å²) in [4.78, 5) is 11.5. The molecule has 1 aromatic rings. The number of hydrogen-bond donors (Lipinski definition) is 2. The van der Waals surface area contributed by atoms with E-state index in [2.05, 4.69) is 10.6 Å². The number of hydrogen-bond acceptors (Lipinski definition) is 2. The van der Waals surface area contributed by atoms with Crippen LogP contribution in [0.1, 0.15) is 12.0 Å². The topological polar surface area (TPSA) is 50.4 Å². The molecule has 0 aromatic heterocycles. The second-order valence-electron chi connectivity index (χ2n) is 4.24. The lowest BCUT2D eigenvalue weighted by atomic mass is 10.2. The molecule has 18 heavy (non-hydrogen) atoms. The molecule has 6 heteroatoms. The predicted molar refractivity (Wildman–Crippen MR) is 62.5 cm³/mol. The van der Waals surface area contributed by atoms with E-state index in [0.717, 1.165) is 18.6 Å². The van der Waals surface area contributed by atoms with Crippen LogP contribution in [0.25, 0.3) is 0 Å². The fourth-order valence-electron chi connectivity index (χ4n) is 1.73. The molecule has 98 valence electrons. The minimum absolute atomic E-state index is 0.0802. The monoisotopic (exact) mass is 256 g/mol. The van der Waals surface area contributed by atoms with Gasteiger partial charge in [0, 0.05) is 12.7 Å². The Balaban J connectivity index is 2.00. The Hall–Kier alpha value is -1.69. The summed E-state index contributed by atoms with van der Waals surface area (Å²) in [5, 5.41) is 4.91. The number of anilines is 1. The van der Waals surface area contributed by atoms with Crippen LogP contribution in [0, 0.1) is 18.6 Å². The van der Waals surface area contributed by atoms with Gasteiger partial charge < -0.3 is 15.4 Å². The van der Waals surface area contributed by atoms with Crippen LogP contribution in [-0.4, -0.2) is 25.3 Å². The van der Waals surface area contributed by atoms with Gasteiger partial charge in [-0.2, -0.15) is 0 Å². The van der Waals surface area contributed by atoms with E-state index in [9.17, 15) is 13.6 Å².